The number of likely N-dealkylation sites (N-methyl/N-ethyl adjacent to an activating group) is 1. The number of carbonyl (C=O) groups is 1. The zero-order valence-electron chi connectivity index (χ0n) is 17.9. The second kappa shape index (κ2) is 10.1. The zero-order chi connectivity index (χ0) is 21.7. The normalized spacial score (nSPS) is 11.3. The van der Waals surface area contributed by atoms with Gasteiger partial charge in [0, 0.05) is 12.1 Å². The van der Waals surface area contributed by atoms with Gasteiger partial charge in [-0.25, -0.2) is 4.68 Å². The van der Waals surface area contributed by atoms with E-state index in [1.54, 1.807) is 4.68 Å². The predicted molar refractivity (Wildman–Crippen MR) is 121 cm³/mol. The highest BCUT2D eigenvalue weighted by Gasteiger charge is 2.21. The number of nitrogens with zero attached hydrogens (tertiary/aromatic N) is 3. The summed E-state index contributed by atoms with van der Waals surface area (Å²) in [4.78, 5) is 14.6. The summed E-state index contributed by atoms with van der Waals surface area (Å²) < 4.78 is 14.0. The third-order valence-corrected chi connectivity index (χ3v) is 5.99. The van der Waals surface area contributed by atoms with E-state index in [0.717, 1.165) is 46.8 Å². The number of aromatic nitrogens is 2. The van der Waals surface area contributed by atoms with E-state index in [9.17, 15) is 4.79 Å². The first kappa shape index (κ1) is 22.3. The lowest BCUT2D eigenvalue weighted by atomic mass is 10.1. The second-order valence-corrected chi connectivity index (χ2v) is 7.98. The Morgan fingerprint density at radius 3 is 2.60 bits per heavy atom. The molecule has 7 heteroatoms. The van der Waals surface area contributed by atoms with Crippen molar-refractivity contribution in [3.05, 3.63) is 52.1 Å². The maximum absolute atomic E-state index is 12.4. The van der Waals surface area contributed by atoms with Crippen LogP contribution in [0.3, 0.4) is 0 Å². The van der Waals surface area contributed by atoms with Crippen LogP contribution in [0, 0.1) is 13.8 Å². The molecule has 0 aliphatic rings. The van der Waals surface area contributed by atoms with Gasteiger partial charge in [0.1, 0.15) is 24.6 Å². The SMILES string of the molecule is CCN(CC)CCOC(=O)Cn1nc(C)c(Br)c1-c1ccc(-c2cccc(C)c2)o1. The van der Waals surface area contributed by atoms with Gasteiger partial charge in [0.2, 0.25) is 0 Å². The van der Waals surface area contributed by atoms with Gasteiger partial charge in [0.25, 0.3) is 0 Å². The van der Waals surface area contributed by atoms with Gasteiger partial charge in [-0.05, 0) is 61.1 Å². The molecule has 0 saturated heterocycles. The molecule has 0 N–H and O–H groups in total. The molecule has 0 unspecified atom stereocenters. The molecule has 3 aromatic rings. The van der Waals surface area contributed by atoms with Crippen LogP contribution in [0.15, 0.2) is 45.3 Å². The Balaban J connectivity index is 1.76. The second-order valence-electron chi connectivity index (χ2n) is 7.19. The molecular weight excluding hydrogens is 446 g/mol. The van der Waals surface area contributed by atoms with E-state index in [2.05, 4.69) is 45.8 Å². The quantitative estimate of drug-likeness (QED) is 0.405. The van der Waals surface area contributed by atoms with E-state index in [-0.39, 0.29) is 12.5 Å². The van der Waals surface area contributed by atoms with E-state index < -0.39 is 0 Å². The predicted octanol–water partition coefficient (Wildman–Crippen LogP) is 5.07. The van der Waals surface area contributed by atoms with Gasteiger partial charge in [0.05, 0.1) is 10.2 Å². The van der Waals surface area contributed by atoms with Gasteiger partial charge >= 0.3 is 5.97 Å². The lowest BCUT2D eigenvalue weighted by molar-refractivity contribution is -0.144. The zero-order valence-corrected chi connectivity index (χ0v) is 19.5. The molecule has 0 bridgehead atoms. The molecule has 6 nitrogen and oxygen atoms in total. The van der Waals surface area contributed by atoms with Gasteiger partial charge in [-0.1, -0.05) is 37.6 Å². The molecule has 0 aliphatic heterocycles. The standard InChI is InChI=1S/C23H28BrN3O3/c1-5-26(6-2)12-13-29-21(28)15-27-23(22(24)17(4)25-27)20-11-10-19(30-20)18-9-7-8-16(3)14-18/h7-11,14H,5-6,12-13,15H2,1-4H3. The summed E-state index contributed by atoms with van der Waals surface area (Å²) >= 11 is 3.59. The van der Waals surface area contributed by atoms with Crippen LogP contribution in [0.25, 0.3) is 22.8 Å². The number of esters is 1. The average Bonchev–Trinajstić information content (AvgIpc) is 3.30. The Labute approximate surface area is 185 Å². The first-order valence-electron chi connectivity index (χ1n) is 10.2. The van der Waals surface area contributed by atoms with Crippen molar-refractivity contribution >= 4 is 21.9 Å². The molecule has 0 amide bonds. The van der Waals surface area contributed by atoms with Crippen LogP contribution in [0.2, 0.25) is 0 Å². The third-order valence-electron chi connectivity index (χ3n) is 5.04. The molecule has 30 heavy (non-hydrogen) atoms. The smallest absolute Gasteiger partial charge is 0.327 e. The number of rotatable bonds is 9. The van der Waals surface area contributed by atoms with Gasteiger partial charge < -0.3 is 14.1 Å². The third kappa shape index (κ3) is 5.21. The number of carbonyl (C=O) groups excluding carboxylic acids is 1. The van der Waals surface area contributed by atoms with E-state index in [0.29, 0.717) is 12.4 Å². The molecule has 0 radical (unpaired) electrons. The summed E-state index contributed by atoms with van der Waals surface area (Å²) in [7, 11) is 0. The first-order valence-corrected chi connectivity index (χ1v) is 11.0. The minimum Gasteiger partial charge on any atom is -0.463 e. The number of benzene rings is 1. The maximum atomic E-state index is 12.4. The molecule has 0 spiro atoms. The number of ether oxygens (including phenoxy) is 1. The van der Waals surface area contributed by atoms with E-state index in [1.165, 1.54) is 5.56 Å². The van der Waals surface area contributed by atoms with Crippen molar-refractivity contribution in [2.24, 2.45) is 0 Å². The Morgan fingerprint density at radius 2 is 1.90 bits per heavy atom. The summed E-state index contributed by atoms with van der Waals surface area (Å²) in [5.41, 5.74) is 3.69. The van der Waals surface area contributed by atoms with Crippen LogP contribution >= 0.6 is 15.9 Å². The topological polar surface area (TPSA) is 60.5 Å². The van der Waals surface area contributed by atoms with Crippen molar-refractivity contribution in [1.82, 2.24) is 14.7 Å². The molecule has 2 aromatic heterocycles. The van der Waals surface area contributed by atoms with Gasteiger partial charge in [0.15, 0.2) is 5.76 Å². The molecule has 3 rings (SSSR count). The Morgan fingerprint density at radius 1 is 1.17 bits per heavy atom. The summed E-state index contributed by atoms with van der Waals surface area (Å²) in [6, 6.07) is 12.0. The fraction of sp³-hybridized carbons (Fsp3) is 0.391. The van der Waals surface area contributed by atoms with E-state index in [4.69, 9.17) is 9.15 Å². The van der Waals surface area contributed by atoms with Crippen molar-refractivity contribution in [3.63, 3.8) is 0 Å². The summed E-state index contributed by atoms with van der Waals surface area (Å²) in [6.07, 6.45) is 0. The van der Waals surface area contributed by atoms with Crippen LogP contribution in [0.5, 0.6) is 0 Å². The molecule has 0 fully saturated rings. The number of furan rings is 1. The number of aryl methyl sites for hydroxylation is 2. The molecule has 0 atom stereocenters. The highest BCUT2D eigenvalue weighted by molar-refractivity contribution is 9.10. The van der Waals surface area contributed by atoms with Crippen LogP contribution in [-0.4, -0.2) is 46.9 Å². The molecule has 1 aromatic carbocycles. The Bertz CT molecular complexity index is 1010. The van der Waals surface area contributed by atoms with Gasteiger partial charge in [-0.2, -0.15) is 5.10 Å². The molecule has 160 valence electrons. The lowest BCUT2D eigenvalue weighted by Crippen LogP contribution is -2.28. The highest BCUT2D eigenvalue weighted by Crippen LogP contribution is 2.34. The average molecular weight is 474 g/mol. The molecule has 2 heterocycles. The fourth-order valence-corrected chi connectivity index (χ4v) is 3.80. The number of halogens is 1. The van der Waals surface area contributed by atoms with Crippen molar-refractivity contribution in [1.29, 1.82) is 0 Å². The Hall–Kier alpha value is -2.38. The van der Waals surface area contributed by atoms with E-state index in [1.807, 2.05) is 44.2 Å². The van der Waals surface area contributed by atoms with Gasteiger partial charge in [-0.3, -0.25) is 4.79 Å². The number of hydrogen-bond acceptors (Lipinski definition) is 5. The summed E-state index contributed by atoms with van der Waals surface area (Å²) in [6.45, 7) is 11.1. The molecular formula is C23H28BrN3O3. The van der Waals surface area contributed by atoms with Crippen LogP contribution in [0.4, 0.5) is 0 Å². The van der Waals surface area contributed by atoms with Crippen molar-refractivity contribution in [3.8, 4) is 22.8 Å². The minimum absolute atomic E-state index is 0.0283. The monoisotopic (exact) mass is 473 g/mol. The van der Waals surface area contributed by atoms with Gasteiger partial charge in [-0.15, -0.1) is 0 Å². The molecule has 0 aliphatic carbocycles. The fourth-order valence-electron chi connectivity index (χ4n) is 3.32. The maximum Gasteiger partial charge on any atom is 0.327 e. The molecule has 0 saturated carbocycles. The lowest BCUT2D eigenvalue weighted by Gasteiger charge is -2.17. The van der Waals surface area contributed by atoms with Crippen molar-refractivity contribution < 1.29 is 13.9 Å². The van der Waals surface area contributed by atoms with Crippen LogP contribution < -0.4 is 0 Å². The van der Waals surface area contributed by atoms with Crippen LogP contribution in [-0.2, 0) is 16.1 Å². The number of hydrogen-bond donors (Lipinski definition) is 0. The minimum atomic E-state index is -0.316. The largest absolute Gasteiger partial charge is 0.463 e. The van der Waals surface area contributed by atoms with E-state index >= 15 is 0 Å². The summed E-state index contributed by atoms with van der Waals surface area (Å²) in [5.74, 6) is 1.10. The summed E-state index contributed by atoms with van der Waals surface area (Å²) in [5, 5.41) is 4.50. The van der Waals surface area contributed by atoms with Crippen LogP contribution in [0.1, 0.15) is 25.1 Å². The Kier molecular flexibility index (Phi) is 7.50. The van der Waals surface area contributed by atoms with Crippen molar-refractivity contribution in [2.75, 3.05) is 26.2 Å². The first-order chi connectivity index (χ1) is 14.4. The highest BCUT2D eigenvalue weighted by atomic mass is 79.9. The van der Waals surface area contributed by atoms with Crippen molar-refractivity contribution in [2.45, 2.75) is 34.2 Å².